The van der Waals surface area contributed by atoms with Crippen LogP contribution in [0.3, 0.4) is 0 Å². The first kappa shape index (κ1) is 18.2. The summed E-state index contributed by atoms with van der Waals surface area (Å²) in [6.07, 6.45) is 0. The standard InChI is InChI=1S/C21H16BrN3O3/c22-16-6-9-18(10-7-16)24-13-20(27)25(21(24)28)12-19(26)23-17-8-5-14-3-1-2-4-15(14)11-17/h1-11H,12-13H2,(H,23,26). The lowest BCUT2D eigenvalue weighted by Crippen LogP contribution is -2.39. The summed E-state index contributed by atoms with van der Waals surface area (Å²) in [6, 6.07) is 19.9. The molecular weight excluding hydrogens is 422 g/mol. The molecule has 1 heterocycles. The van der Waals surface area contributed by atoms with Crippen molar-refractivity contribution in [3.63, 3.8) is 0 Å². The van der Waals surface area contributed by atoms with Crippen LogP contribution in [-0.2, 0) is 9.59 Å². The molecule has 1 aliphatic heterocycles. The van der Waals surface area contributed by atoms with E-state index in [1.54, 1.807) is 30.3 Å². The molecule has 0 bridgehead atoms. The fraction of sp³-hybridized carbons (Fsp3) is 0.0952. The fourth-order valence-electron chi connectivity index (χ4n) is 3.13. The van der Waals surface area contributed by atoms with Crippen LogP contribution in [0.2, 0.25) is 0 Å². The molecule has 28 heavy (non-hydrogen) atoms. The predicted molar refractivity (Wildman–Crippen MR) is 111 cm³/mol. The number of carbonyl (C=O) groups is 3. The van der Waals surface area contributed by atoms with Crippen molar-refractivity contribution in [2.45, 2.75) is 0 Å². The zero-order chi connectivity index (χ0) is 19.7. The molecule has 3 aromatic rings. The molecule has 3 aromatic carbocycles. The molecule has 1 aliphatic rings. The second-order valence-corrected chi connectivity index (χ2v) is 7.35. The molecule has 6 nitrogen and oxygen atoms in total. The van der Waals surface area contributed by atoms with Crippen molar-refractivity contribution in [3.05, 3.63) is 71.2 Å². The maximum Gasteiger partial charge on any atom is 0.332 e. The van der Waals surface area contributed by atoms with E-state index < -0.39 is 17.8 Å². The molecule has 0 spiro atoms. The minimum atomic E-state index is -0.499. The van der Waals surface area contributed by atoms with Crippen molar-refractivity contribution >= 4 is 55.9 Å². The van der Waals surface area contributed by atoms with Gasteiger partial charge in [-0.15, -0.1) is 0 Å². The highest BCUT2D eigenvalue weighted by Crippen LogP contribution is 2.23. The number of carbonyl (C=O) groups excluding carboxylic acids is 3. The highest BCUT2D eigenvalue weighted by atomic mass is 79.9. The second kappa shape index (κ2) is 7.44. The van der Waals surface area contributed by atoms with Gasteiger partial charge in [0.05, 0.1) is 0 Å². The zero-order valence-corrected chi connectivity index (χ0v) is 16.3. The number of nitrogens with one attached hydrogen (secondary N) is 1. The molecule has 0 aliphatic carbocycles. The quantitative estimate of drug-likeness (QED) is 0.626. The molecule has 0 aromatic heterocycles. The van der Waals surface area contributed by atoms with E-state index in [1.807, 2.05) is 36.4 Å². The third kappa shape index (κ3) is 3.61. The lowest BCUT2D eigenvalue weighted by Gasteiger charge is -2.17. The molecule has 0 unspecified atom stereocenters. The Hall–Kier alpha value is -3.19. The zero-order valence-electron chi connectivity index (χ0n) is 14.8. The smallest absolute Gasteiger partial charge is 0.325 e. The van der Waals surface area contributed by atoms with Gasteiger partial charge in [0, 0.05) is 15.8 Å². The molecular formula is C21H16BrN3O3. The van der Waals surface area contributed by atoms with E-state index in [4.69, 9.17) is 0 Å². The molecule has 4 amide bonds. The number of hydrogen-bond acceptors (Lipinski definition) is 3. The molecule has 0 saturated carbocycles. The Kier molecular flexibility index (Phi) is 4.83. The van der Waals surface area contributed by atoms with Gasteiger partial charge < -0.3 is 5.32 Å². The van der Waals surface area contributed by atoms with Gasteiger partial charge in [0.2, 0.25) is 5.91 Å². The molecule has 0 radical (unpaired) electrons. The van der Waals surface area contributed by atoms with Crippen molar-refractivity contribution in [1.82, 2.24) is 4.90 Å². The van der Waals surface area contributed by atoms with Crippen LogP contribution in [0.4, 0.5) is 16.2 Å². The maximum atomic E-state index is 12.6. The van der Waals surface area contributed by atoms with Crippen LogP contribution < -0.4 is 10.2 Å². The number of benzene rings is 3. The average Bonchev–Trinajstić information content (AvgIpc) is 2.97. The van der Waals surface area contributed by atoms with E-state index in [2.05, 4.69) is 21.2 Å². The first-order chi connectivity index (χ1) is 13.5. The largest absolute Gasteiger partial charge is 0.332 e. The normalized spacial score (nSPS) is 14.0. The topological polar surface area (TPSA) is 69.7 Å². The third-order valence-corrected chi connectivity index (χ3v) is 5.06. The van der Waals surface area contributed by atoms with Crippen molar-refractivity contribution in [1.29, 1.82) is 0 Å². The summed E-state index contributed by atoms with van der Waals surface area (Å²) in [6.45, 7) is -0.402. The summed E-state index contributed by atoms with van der Waals surface area (Å²) in [5.41, 5.74) is 1.23. The molecule has 1 N–H and O–H groups in total. The van der Waals surface area contributed by atoms with E-state index in [1.165, 1.54) is 4.90 Å². The Morgan fingerprint density at radius 1 is 0.964 bits per heavy atom. The third-order valence-electron chi connectivity index (χ3n) is 4.53. The van der Waals surface area contributed by atoms with Crippen LogP contribution in [0.5, 0.6) is 0 Å². The molecule has 0 atom stereocenters. The number of nitrogens with zero attached hydrogens (tertiary/aromatic N) is 2. The van der Waals surface area contributed by atoms with Gasteiger partial charge in [-0.2, -0.15) is 0 Å². The summed E-state index contributed by atoms with van der Waals surface area (Å²) < 4.78 is 0.876. The van der Waals surface area contributed by atoms with Gasteiger partial charge >= 0.3 is 6.03 Å². The van der Waals surface area contributed by atoms with Crippen molar-refractivity contribution in [2.24, 2.45) is 0 Å². The fourth-order valence-corrected chi connectivity index (χ4v) is 3.39. The van der Waals surface area contributed by atoms with Crippen LogP contribution in [0.15, 0.2) is 71.2 Å². The summed E-state index contributed by atoms with van der Waals surface area (Å²) >= 11 is 3.34. The minimum Gasteiger partial charge on any atom is -0.325 e. The summed E-state index contributed by atoms with van der Waals surface area (Å²) in [5, 5.41) is 4.82. The number of anilines is 2. The van der Waals surface area contributed by atoms with Gasteiger partial charge in [0.1, 0.15) is 13.1 Å². The molecule has 1 saturated heterocycles. The van der Waals surface area contributed by atoms with Crippen LogP contribution in [0.1, 0.15) is 0 Å². The first-order valence-corrected chi connectivity index (χ1v) is 9.47. The summed E-state index contributed by atoms with van der Waals surface area (Å²) in [7, 11) is 0. The SMILES string of the molecule is O=C(CN1C(=O)CN(c2ccc(Br)cc2)C1=O)Nc1ccc2ccccc2c1. The van der Waals surface area contributed by atoms with Crippen molar-refractivity contribution in [3.8, 4) is 0 Å². The number of fused-ring (bicyclic) bond motifs is 1. The molecule has 7 heteroatoms. The van der Waals surface area contributed by atoms with Crippen molar-refractivity contribution in [2.75, 3.05) is 23.3 Å². The monoisotopic (exact) mass is 437 g/mol. The van der Waals surface area contributed by atoms with E-state index in [-0.39, 0.29) is 13.1 Å². The number of amides is 4. The van der Waals surface area contributed by atoms with E-state index in [0.717, 1.165) is 20.1 Å². The van der Waals surface area contributed by atoms with Gasteiger partial charge in [0.15, 0.2) is 0 Å². The second-order valence-electron chi connectivity index (χ2n) is 6.44. The lowest BCUT2D eigenvalue weighted by molar-refractivity contribution is -0.128. The van der Waals surface area contributed by atoms with Gasteiger partial charge in [-0.25, -0.2) is 4.79 Å². The highest BCUT2D eigenvalue weighted by molar-refractivity contribution is 9.10. The van der Waals surface area contributed by atoms with Crippen LogP contribution in [0, 0.1) is 0 Å². The Labute approximate surface area is 169 Å². The van der Waals surface area contributed by atoms with E-state index >= 15 is 0 Å². The minimum absolute atomic E-state index is 0.0796. The number of halogens is 1. The van der Waals surface area contributed by atoms with E-state index in [9.17, 15) is 14.4 Å². The number of urea groups is 1. The Morgan fingerprint density at radius 2 is 1.68 bits per heavy atom. The number of imide groups is 1. The van der Waals surface area contributed by atoms with Gasteiger partial charge in [-0.1, -0.05) is 46.3 Å². The van der Waals surface area contributed by atoms with Crippen molar-refractivity contribution < 1.29 is 14.4 Å². The Morgan fingerprint density at radius 3 is 2.43 bits per heavy atom. The number of rotatable bonds is 4. The maximum absolute atomic E-state index is 12.6. The molecule has 1 fully saturated rings. The Balaban J connectivity index is 1.45. The summed E-state index contributed by atoms with van der Waals surface area (Å²) in [5.74, 6) is -0.823. The van der Waals surface area contributed by atoms with Crippen LogP contribution in [-0.4, -0.2) is 35.8 Å². The highest BCUT2D eigenvalue weighted by Gasteiger charge is 2.37. The average molecular weight is 438 g/mol. The van der Waals surface area contributed by atoms with Gasteiger partial charge in [0.25, 0.3) is 5.91 Å². The van der Waals surface area contributed by atoms with Crippen LogP contribution >= 0.6 is 15.9 Å². The van der Waals surface area contributed by atoms with E-state index in [0.29, 0.717) is 11.4 Å². The summed E-state index contributed by atoms with van der Waals surface area (Å²) in [4.78, 5) is 39.6. The molecule has 4 rings (SSSR count). The lowest BCUT2D eigenvalue weighted by atomic mass is 10.1. The molecule has 140 valence electrons. The Bertz CT molecular complexity index is 1080. The first-order valence-electron chi connectivity index (χ1n) is 8.67. The predicted octanol–water partition coefficient (Wildman–Crippen LogP) is 4.01. The van der Waals surface area contributed by atoms with Gasteiger partial charge in [-0.3, -0.25) is 19.4 Å². The van der Waals surface area contributed by atoms with Gasteiger partial charge in [-0.05, 0) is 47.2 Å². The number of hydrogen-bond donors (Lipinski definition) is 1. The van der Waals surface area contributed by atoms with Crippen LogP contribution in [0.25, 0.3) is 10.8 Å².